The largest absolute Gasteiger partial charge is 0.384 e. The van der Waals surface area contributed by atoms with E-state index >= 15 is 0 Å². The maximum Gasteiger partial charge on any atom is 0.269 e. The fraction of sp³-hybridized carbons (Fsp3) is 0.625. The van der Waals surface area contributed by atoms with Crippen molar-refractivity contribution in [1.82, 2.24) is 10.3 Å². The molecule has 4 heteroatoms. The number of anilines is 1. The van der Waals surface area contributed by atoms with Crippen LogP contribution < -0.4 is 10.6 Å². The standard InChI is InChI=1S/C16H25N3O/c1-3-10-17-13-6-7-14(18-11-13)15(20)19-12-16(4-2)8-5-9-16/h6-7,11,17H,3-5,8-10,12H2,1-2H3,(H,19,20). The minimum absolute atomic E-state index is 0.0632. The van der Waals surface area contributed by atoms with Gasteiger partial charge in [0.2, 0.25) is 0 Å². The van der Waals surface area contributed by atoms with Crippen molar-refractivity contribution in [1.29, 1.82) is 0 Å². The molecule has 0 spiro atoms. The predicted octanol–water partition coefficient (Wildman–Crippen LogP) is 3.21. The van der Waals surface area contributed by atoms with Crippen LogP contribution in [0.2, 0.25) is 0 Å². The third kappa shape index (κ3) is 3.50. The number of nitrogens with zero attached hydrogens (tertiary/aromatic N) is 1. The van der Waals surface area contributed by atoms with Gasteiger partial charge in [-0.25, -0.2) is 4.98 Å². The van der Waals surface area contributed by atoms with E-state index in [2.05, 4.69) is 29.5 Å². The molecule has 110 valence electrons. The van der Waals surface area contributed by atoms with E-state index in [0.717, 1.165) is 31.6 Å². The van der Waals surface area contributed by atoms with Crippen molar-refractivity contribution in [2.45, 2.75) is 46.0 Å². The maximum atomic E-state index is 12.1. The smallest absolute Gasteiger partial charge is 0.269 e. The van der Waals surface area contributed by atoms with E-state index < -0.39 is 0 Å². The van der Waals surface area contributed by atoms with Gasteiger partial charge in [-0.3, -0.25) is 4.79 Å². The lowest BCUT2D eigenvalue weighted by molar-refractivity contribution is 0.0845. The molecule has 0 unspecified atom stereocenters. The second-order valence-electron chi connectivity index (χ2n) is 5.75. The van der Waals surface area contributed by atoms with E-state index in [1.807, 2.05) is 6.07 Å². The summed E-state index contributed by atoms with van der Waals surface area (Å²) in [6.07, 6.45) is 7.69. The van der Waals surface area contributed by atoms with Crippen LogP contribution in [-0.4, -0.2) is 24.0 Å². The Morgan fingerprint density at radius 1 is 1.35 bits per heavy atom. The van der Waals surface area contributed by atoms with Gasteiger partial charge in [-0.15, -0.1) is 0 Å². The van der Waals surface area contributed by atoms with Crippen molar-refractivity contribution >= 4 is 11.6 Å². The summed E-state index contributed by atoms with van der Waals surface area (Å²) in [4.78, 5) is 16.3. The van der Waals surface area contributed by atoms with Crippen LogP contribution in [0.1, 0.15) is 56.4 Å². The van der Waals surface area contributed by atoms with Crippen LogP contribution in [-0.2, 0) is 0 Å². The molecule has 2 rings (SSSR count). The summed E-state index contributed by atoms with van der Waals surface area (Å²) in [6, 6.07) is 3.70. The first-order chi connectivity index (χ1) is 9.69. The van der Waals surface area contributed by atoms with Gasteiger partial charge in [-0.05, 0) is 43.2 Å². The normalized spacial score (nSPS) is 16.3. The Labute approximate surface area is 121 Å². The number of aromatic nitrogens is 1. The molecule has 4 nitrogen and oxygen atoms in total. The number of nitrogens with one attached hydrogen (secondary N) is 2. The quantitative estimate of drug-likeness (QED) is 0.803. The average molecular weight is 275 g/mol. The van der Waals surface area contributed by atoms with E-state index in [1.54, 1.807) is 12.3 Å². The number of rotatable bonds is 7. The molecule has 0 atom stereocenters. The van der Waals surface area contributed by atoms with Crippen molar-refractivity contribution in [2.75, 3.05) is 18.4 Å². The number of hydrogen-bond acceptors (Lipinski definition) is 3. The van der Waals surface area contributed by atoms with Crippen LogP contribution in [0.4, 0.5) is 5.69 Å². The minimum Gasteiger partial charge on any atom is -0.384 e. The third-order valence-corrected chi connectivity index (χ3v) is 4.36. The van der Waals surface area contributed by atoms with Gasteiger partial charge in [-0.2, -0.15) is 0 Å². The highest BCUT2D eigenvalue weighted by molar-refractivity contribution is 5.92. The predicted molar refractivity (Wildman–Crippen MR) is 81.9 cm³/mol. The molecule has 0 bridgehead atoms. The summed E-state index contributed by atoms with van der Waals surface area (Å²) in [7, 11) is 0. The highest BCUT2D eigenvalue weighted by Crippen LogP contribution is 2.43. The topological polar surface area (TPSA) is 54.0 Å². The Balaban J connectivity index is 1.85. The van der Waals surface area contributed by atoms with Crippen LogP contribution in [0, 0.1) is 5.41 Å². The molecule has 1 heterocycles. The Bertz CT molecular complexity index is 432. The summed E-state index contributed by atoms with van der Waals surface area (Å²) in [5.74, 6) is -0.0632. The molecule has 1 aromatic rings. The Hall–Kier alpha value is -1.58. The first-order valence-corrected chi connectivity index (χ1v) is 7.67. The first kappa shape index (κ1) is 14.8. The average Bonchev–Trinajstić information content (AvgIpc) is 2.45. The number of carbonyl (C=O) groups is 1. The van der Waals surface area contributed by atoms with Crippen LogP contribution in [0.25, 0.3) is 0 Å². The van der Waals surface area contributed by atoms with E-state index in [-0.39, 0.29) is 5.91 Å². The summed E-state index contributed by atoms with van der Waals surface area (Å²) in [6.45, 7) is 6.02. The zero-order valence-corrected chi connectivity index (χ0v) is 12.5. The second kappa shape index (κ2) is 6.73. The van der Waals surface area contributed by atoms with Crippen LogP contribution >= 0.6 is 0 Å². The van der Waals surface area contributed by atoms with Gasteiger partial charge < -0.3 is 10.6 Å². The van der Waals surface area contributed by atoms with E-state index in [1.165, 1.54) is 19.3 Å². The molecule has 0 saturated heterocycles. The summed E-state index contributed by atoms with van der Waals surface area (Å²) in [5.41, 5.74) is 1.81. The molecule has 20 heavy (non-hydrogen) atoms. The Morgan fingerprint density at radius 2 is 2.15 bits per heavy atom. The van der Waals surface area contributed by atoms with Crippen molar-refractivity contribution in [3.8, 4) is 0 Å². The molecular weight excluding hydrogens is 250 g/mol. The number of carbonyl (C=O) groups excluding carboxylic acids is 1. The SMILES string of the molecule is CCCNc1ccc(C(=O)NCC2(CC)CCC2)nc1. The third-order valence-electron chi connectivity index (χ3n) is 4.36. The molecule has 0 radical (unpaired) electrons. The molecule has 1 aromatic heterocycles. The van der Waals surface area contributed by atoms with Crippen molar-refractivity contribution in [3.63, 3.8) is 0 Å². The van der Waals surface area contributed by atoms with Gasteiger partial charge in [0.15, 0.2) is 0 Å². The molecule has 1 aliphatic carbocycles. The Morgan fingerprint density at radius 3 is 2.65 bits per heavy atom. The van der Waals surface area contributed by atoms with Gasteiger partial charge in [-0.1, -0.05) is 20.3 Å². The van der Waals surface area contributed by atoms with Gasteiger partial charge in [0.05, 0.1) is 11.9 Å². The summed E-state index contributed by atoms with van der Waals surface area (Å²) in [5, 5.41) is 6.28. The van der Waals surface area contributed by atoms with Gasteiger partial charge >= 0.3 is 0 Å². The minimum atomic E-state index is -0.0632. The number of pyridine rings is 1. The maximum absolute atomic E-state index is 12.1. The van der Waals surface area contributed by atoms with Gasteiger partial charge in [0.25, 0.3) is 5.91 Å². The number of amides is 1. The zero-order valence-electron chi connectivity index (χ0n) is 12.5. The van der Waals surface area contributed by atoms with Crippen molar-refractivity contribution in [3.05, 3.63) is 24.0 Å². The van der Waals surface area contributed by atoms with Gasteiger partial charge in [0, 0.05) is 13.1 Å². The van der Waals surface area contributed by atoms with Crippen molar-refractivity contribution in [2.24, 2.45) is 5.41 Å². The van der Waals surface area contributed by atoms with Crippen LogP contribution in [0.15, 0.2) is 18.3 Å². The molecule has 1 saturated carbocycles. The van der Waals surface area contributed by atoms with Gasteiger partial charge in [0.1, 0.15) is 5.69 Å². The molecule has 1 amide bonds. The Kier molecular flexibility index (Phi) is 4.99. The van der Waals surface area contributed by atoms with E-state index in [0.29, 0.717) is 11.1 Å². The molecule has 0 aromatic carbocycles. The lowest BCUT2D eigenvalue weighted by atomic mass is 9.67. The van der Waals surface area contributed by atoms with Crippen LogP contribution in [0.5, 0.6) is 0 Å². The molecule has 0 aliphatic heterocycles. The second-order valence-corrected chi connectivity index (χ2v) is 5.75. The molecule has 1 fully saturated rings. The van der Waals surface area contributed by atoms with E-state index in [9.17, 15) is 4.79 Å². The first-order valence-electron chi connectivity index (χ1n) is 7.67. The molecule has 2 N–H and O–H groups in total. The van der Waals surface area contributed by atoms with Crippen molar-refractivity contribution < 1.29 is 4.79 Å². The fourth-order valence-electron chi connectivity index (χ4n) is 2.59. The highest BCUT2D eigenvalue weighted by atomic mass is 16.1. The summed E-state index contributed by atoms with van der Waals surface area (Å²) >= 11 is 0. The van der Waals surface area contributed by atoms with E-state index in [4.69, 9.17) is 0 Å². The lowest BCUT2D eigenvalue weighted by Gasteiger charge is -2.41. The monoisotopic (exact) mass is 275 g/mol. The van der Waals surface area contributed by atoms with Crippen LogP contribution in [0.3, 0.4) is 0 Å². The zero-order chi connectivity index (χ0) is 14.4. The molecular formula is C16H25N3O. The summed E-state index contributed by atoms with van der Waals surface area (Å²) < 4.78 is 0. The highest BCUT2D eigenvalue weighted by Gasteiger charge is 2.35. The lowest BCUT2D eigenvalue weighted by Crippen LogP contribution is -2.41. The number of hydrogen-bond donors (Lipinski definition) is 2. The fourth-order valence-corrected chi connectivity index (χ4v) is 2.59. The molecule has 1 aliphatic rings.